The molecule has 0 saturated carbocycles. The molecule has 0 aliphatic rings. The molecule has 3 nitrogen and oxygen atoms in total. The summed E-state index contributed by atoms with van der Waals surface area (Å²) in [5.41, 5.74) is 1.42. The molecule has 1 heterocycles. The van der Waals surface area contributed by atoms with Crippen molar-refractivity contribution in [1.29, 1.82) is 0 Å². The molecule has 78 valence electrons. The summed E-state index contributed by atoms with van der Waals surface area (Å²) in [5.74, 6) is 0.392. The predicted molar refractivity (Wildman–Crippen MR) is 62.1 cm³/mol. The highest BCUT2D eigenvalue weighted by Gasteiger charge is 2.10. The van der Waals surface area contributed by atoms with E-state index in [9.17, 15) is 4.79 Å². The standard InChI is InChI=1S/C11H10BrNO2/c1-3-7-4-5-8-9(10(7)12)11(14)15-6(2)13-8/h4-5H,3H2,1-2H3. The quantitative estimate of drug-likeness (QED) is 0.798. The second-order valence-electron chi connectivity index (χ2n) is 3.31. The molecule has 0 saturated heterocycles. The van der Waals surface area contributed by atoms with E-state index in [4.69, 9.17) is 4.42 Å². The van der Waals surface area contributed by atoms with E-state index in [0.29, 0.717) is 16.8 Å². The Balaban J connectivity index is 2.93. The molecule has 0 spiro atoms. The number of aryl methyl sites for hydroxylation is 2. The lowest BCUT2D eigenvalue weighted by atomic mass is 10.1. The van der Waals surface area contributed by atoms with Gasteiger partial charge in [0.15, 0.2) is 5.89 Å². The fraction of sp³-hybridized carbons (Fsp3) is 0.273. The van der Waals surface area contributed by atoms with Gasteiger partial charge in [0.1, 0.15) is 5.39 Å². The normalized spacial score (nSPS) is 10.9. The molecular weight excluding hydrogens is 258 g/mol. The number of hydrogen-bond acceptors (Lipinski definition) is 3. The van der Waals surface area contributed by atoms with Crippen LogP contribution in [0.1, 0.15) is 18.4 Å². The Morgan fingerprint density at radius 2 is 2.20 bits per heavy atom. The van der Waals surface area contributed by atoms with Gasteiger partial charge in [0, 0.05) is 11.4 Å². The summed E-state index contributed by atoms with van der Waals surface area (Å²) < 4.78 is 5.77. The Bertz CT molecular complexity index is 575. The highest BCUT2D eigenvalue weighted by atomic mass is 79.9. The summed E-state index contributed by atoms with van der Waals surface area (Å²) in [6, 6.07) is 3.82. The van der Waals surface area contributed by atoms with Crippen LogP contribution in [0.25, 0.3) is 10.9 Å². The zero-order valence-electron chi connectivity index (χ0n) is 8.50. The van der Waals surface area contributed by atoms with Crippen LogP contribution in [0.5, 0.6) is 0 Å². The Labute approximate surface area is 95.3 Å². The molecule has 2 aromatic rings. The lowest BCUT2D eigenvalue weighted by Gasteiger charge is -2.04. The van der Waals surface area contributed by atoms with Gasteiger partial charge in [-0.25, -0.2) is 9.78 Å². The number of halogens is 1. The van der Waals surface area contributed by atoms with Crippen molar-refractivity contribution in [3.05, 3.63) is 38.5 Å². The van der Waals surface area contributed by atoms with E-state index in [2.05, 4.69) is 20.9 Å². The average Bonchev–Trinajstić information content (AvgIpc) is 2.17. The molecule has 15 heavy (non-hydrogen) atoms. The number of hydrogen-bond donors (Lipinski definition) is 0. The molecule has 0 amide bonds. The summed E-state index contributed by atoms with van der Waals surface area (Å²) in [5, 5.41) is 0.528. The van der Waals surface area contributed by atoms with Gasteiger partial charge in [-0.2, -0.15) is 0 Å². The predicted octanol–water partition coefficient (Wildman–Crippen LogP) is 2.82. The molecule has 0 aliphatic heterocycles. The summed E-state index contributed by atoms with van der Waals surface area (Å²) in [6.45, 7) is 3.71. The van der Waals surface area contributed by atoms with E-state index in [1.165, 1.54) is 0 Å². The molecule has 1 aromatic heterocycles. The van der Waals surface area contributed by atoms with Gasteiger partial charge in [-0.1, -0.05) is 13.0 Å². The molecule has 2 rings (SSSR count). The molecule has 0 aliphatic carbocycles. The largest absolute Gasteiger partial charge is 0.408 e. The van der Waals surface area contributed by atoms with Crippen LogP contribution in [0.15, 0.2) is 25.8 Å². The second-order valence-corrected chi connectivity index (χ2v) is 4.10. The summed E-state index contributed by atoms with van der Waals surface area (Å²) in [4.78, 5) is 15.8. The van der Waals surface area contributed by atoms with Crippen molar-refractivity contribution in [2.24, 2.45) is 0 Å². The minimum absolute atomic E-state index is 0.334. The minimum atomic E-state index is -0.334. The first-order chi connectivity index (χ1) is 7.13. The first kappa shape index (κ1) is 10.4. The zero-order valence-corrected chi connectivity index (χ0v) is 10.1. The molecule has 0 atom stereocenters. The van der Waals surface area contributed by atoms with E-state index in [1.807, 2.05) is 19.1 Å². The highest BCUT2D eigenvalue weighted by molar-refractivity contribution is 9.10. The summed E-state index contributed by atoms with van der Waals surface area (Å²) in [7, 11) is 0. The van der Waals surface area contributed by atoms with Crippen molar-refractivity contribution in [2.75, 3.05) is 0 Å². The molecule has 4 heteroatoms. The number of aromatic nitrogens is 1. The van der Waals surface area contributed by atoms with E-state index in [-0.39, 0.29) is 5.63 Å². The fourth-order valence-corrected chi connectivity index (χ4v) is 2.32. The Hall–Kier alpha value is -1.16. The summed E-state index contributed by atoms with van der Waals surface area (Å²) >= 11 is 3.42. The lowest BCUT2D eigenvalue weighted by Crippen LogP contribution is -2.04. The van der Waals surface area contributed by atoms with Gasteiger partial charge in [-0.3, -0.25) is 0 Å². The van der Waals surface area contributed by atoms with E-state index in [1.54, 1.807) is 6.92 Å². The molecule has 0 radical (unpaired) electrons. The Morgan fingerprint density at radius 1 is 1.47 bits per heavy atom. The van der Waals surface area contributed by atoms with Gasteiger partial charge >= 0.3 is 5.63 Å². The SMILES string of the molecule is CCc1ccc2nc(C)oc(=O)c2c1Br. The lowest BCUT2D eigenvalue weighted by molar-refractivity contribution is 0.467. The third-order valence-corrected chi connectivity index (χ3v) is 3.21. The van der Waals surface area contributed by atoms with Crippen molar-refractivity contribution in [3.8, 4) is 0 Å². The van der Waals surface area contributed by atoms with Gasteiger partial charge in [0.2, 0.25) is 0 Å². The van der Waals surface area contributed by atoms with Gasteiger partial charge in [-0.15, -0.1) is 0 Å². The fourth-order valence-electron chi connectivity index (χ4n) is 1.55. The van der Waals surface area contributed by atoms with Gasteiger partial charge in [0.05, 0.1) is 5.52 Å². The van der Waals surface area contributed by atoms with Crippen molar-refractivity contribution in [2.45, 2.75) is 20.3 Å². The maximum atomic E-state index is 11.7. The molecule has 0 bridgehead atoms. The van der Waals surface area contributed by atoms with Crippen LogP contribution in [-0.4, -0.2) is 4.98 Å². The van der Waals surface area contributed by atoms with Crippen LogP contribution in [0.2, 0.25) is 0 Å². The van der Waals surface area contributed by atoms with E-state index >= 15 is 0 Å². The molecule has 1 aromatic carbocycles. The van der Waals surface area contributed by atoms with Gasteiger partial charge < -0.3 is 4.42 Å². The smallest absolute Gasteiger partial charge is 0.347 e. The molecule has 0 N–H and O–H groups in total. The number of benzene rings is 1. The third-order valence-electron chi connectivity index (χ3n) is 2.30. The van der Waals surface area contributed by atoms with Crippen LogP contribution in [0, 0.1) is 6.92 Å². The summed E-state index contributed by atoms with van der Waals surface area (Å²) in [6.07, 6.45) is 0.865. The average molecular weight is 268 g/mol. The van der Waals surface area contributed by atoms with E-state index < -0.39 is 0 Å². The topological polar surface area (TPSA) is 43.1 Å². The highest BCUT2D eigenvalue weighted by Crippen LogP contribution is 2.24. The number of fused-ring (bicyclic) bond motifs is 1. The molecular formula is C11H10BrNO2. The molecule has 0 fully saturated rings. The minimum Gasteiger partial charge on any atom is -0.408 e. The maximum absolute atomic E-state index is 11.7. The second kappa shape index (κ2) is 3.77. The monoisotopic (exact) mass is 267 g/mol. The van der Waals surface area contributed by atoms with Crippen LogP contribution in [0.4, 0.5) is 0 Å². The van der Waals surface area contributed by atoms with E-state index in [0.717, 1.165) is 16.5 Å². The Morgan fingerprint density at radius 3 is 2.87 bits per heavy atom. The Kier molecular flexibility index (Phi) is 2.61. The first-order valence-corrected chi connectivity index (χ1v) is 5.51. The molecule has 0 unspecified atom stereocenters. The van der Waals surface area contributed by atoms with Crippen molar-refractivity contribution in [3.63, 3.8) is 0 Å². The third kappa shape index (κ3) is 1.69. The van der Waals surface area contributed by atoms with Crippen molar-refractivity contribution < 1.29 is 4.42 Å². The zero-order chi connectivity index (χ0) is 11.0. The van der Waals surface area contributed by atoms with Crippen LogP contribution in [0.3, 0.4) is 0 Å². The first-order valence-electron chi connectivity index (χ1n) is 4.72. The van der Waals surface area contributed by atoms with Crippen LogP contribution in [-0.2, 0) is 6.42 Å². The number of rotatable bonds is 1. The van der Waals surface area contributed by atoms with Crippen molar-refractivity contribution in [1.82, 2.24) is 4.98 Å². The van der Waals surface area contributed by atoms with Gasteiger partial charge in [-0.05, 0) is 34.0 Å². The maximum Gasteiger partial charge on any atom is 0.347 e. The number of nitrogens with zero attached hydrogens (tertiary/aromatic N) is 1. The van der Waals surface area contributed by atoms with Crippen LogP contribution >= 0.6 is 15.9 Å². The van der Waals surface area contributed by atoms with Crippen molar-refractivity contribution >= 4 is 26.8 Å². The van der Waals surface area contributed by atoms with Gasteiger partial charge in [0.25, 0.3) is 0 Å². The van der Waals surface area contributed by atoms with Crippen LogP contribution < -0.4 is 5.63 Å².